The van der Waals surface area contributed by atoms with E-state index in [4.69, 9.17) is 14.7 Å². The van der Waals surface area contributed by atoms with E-state index in [-0.39, 0.29) is 0 Å². The third-order valence-electron chi connectivity index (χ3n) is 11.4. The Balaban J connectivity index is 1.07. The van der Waals surface area contributed by atoms with Crippen molar-refractivity contribution in [2.75, 3.05) is 0 Å². The van der Waals surface area contributed by atoms with Gasteiger partial charge in [-0.25, -0.2) is 9.97 Å². The largest absolute Gasteiger partial charge is 0.457 e. The van der Waals surface area contributed by atoms with Gasteiger partial charge in [0.1, 0.15) is 11.5 Å². The molecule has 3 nitrogen and oxygen atoms in total. The van der Waals surface area contributed by atoms with E-state index >= 15 is 0 Å². The number of rotatable bonds is 5. The average molecular weight is 715 g/mol. The van der Waals surface area contributed by atoms with Crippen molar-refractivity contribution in [1.82, 2.24) is 9.97 Å². The van der Waals surface area contributed by atoms with Crippen LogP contribution in [-0.4, -0.2) is 9.97 Å². The molecule has 9 aromatic rings. The fourth-order valence-corrected chi connectivity index (χ4v) is 8.93. The van der Waals surface area contributed by atoms with Gasteiger partial charge in [0, 0.05) is 27.8 Å². The van der Waals surface area contributed by atoms with Crippen LogP contribution in [0.2, 0.25) is 0 Å². The highest BCUT2D eigenvalue weighted by Gasteiger charge is 2.51. The van der Waals surface area contributed by atoms with Gasteiger partial charge in [-0.3, -0.25) is 0 Å². The summed E-state index contributed by atoms with van der Waals surface area (Å²) in [5.41, 5.74) is 16.2. The molecule has 262 valence electrons. The first kappa shape index (κ1) is 32.1. The van der Waals surface area contributed by atoms with Gasteiger partial charge in [0.05, 0.1) is 16.8 Å². The second kappa shape index (κ2) is 12.9. The molecule has 2 aliphatic rings. The standard InChI is InChI=1S/C53H34N2O/c1-3-16-35(17-4-1)48-34-49(36-18-5-2-6-19-36)55-52(54-48)39-21-15-20-37(32-39)40-22-7-8-23-41(40)38-30-31-51-47(33-38)53(46-28-13-14-29-50(46)56-51)44-26-11-9-24-42(44)43-25-10-12-27-45(43)53/h1-34H. The van der Waals surface area contributed by atoms with Gasteiger partial charge in [0.2, 0.25) is 0 Å². The monoisotopic (exact) mass is 714 g/mol. The molecule has 0 saturated carbocycles. The maximum atomic E-state index is 6.73. The average Bonchev–Trinajstić information content (AvgIpc) is 3.57. The predicted molar refractivity (Wildman–Crippen MR) is 227 cm³/mol. The van der Waals surface area contributed by atoms with Crippen LogP contribution in [0.3, 0.4) is 0 Å². The second-order valence-electron chi connectivity index (χ2n) is 14.5. The van der Waals surface area contributed by atoms with Crippen molar-refractivity contribution in [3.05, 3.63) is 229 Å². The number of nitrogens with zero attached hydrogens (tertiary/aromatic N) is 2. The van der Waals surface area contributed by atoms with Gasteiger partial charge >= 0.3 is 0 Å². The molecule has 2 heterocycles. The lowest BCUT2D eigenvalue weighted by atomic mass is 9.65. The third-order valence-corrected chi connectivity index (χ3v) is 11.4. The van der Waals surface area contributed by atoms with Crippen molar-refractivity contribution >= 4 is 0 Å². The first-order valence-corrected chi connectivity index (χ1v) is 19.1. The summed E-state index contributed by atoms with van der Waals surface area (Å²) in [6, 6.07) is 73.1. The van der Waals surface area contributed by atoms with Gasteiger partial charge in [-0.15, -0.1) is 0 Å². The Kier molecular flexibility index (Phi) is 7.39. The van der Waals surface area contributed by atoms with Crippen LogP contribution in [0.5, 0.6) is 11.5 Å². The number of ether oxygens (including phenoxy) is 1. The summed E-state index contributed by atoms with van der Waals surface area (Å²) >= 11 is 0. The van der Waals surface area contributed by atoms with Crippen LogP contribution >= 0.6 is 0 Å². The van der Waals surface area contributed by atoms with Crippen molar-refractivity contribution in [3.63, 3.8) is 0 Å². The number of fused-ring (bicyclic) bond motifs is 9. The SMILES string of the molecule is c1ccc(-c2cc(-c3ccccc3)nc(-c3cccc(-c4ccccc4-c4ccc5c(c4)C4(c6ccccc6O5)c5ccccc5-c5ccccc54)c3)n2)cc1. The van der Waals surface area contributed by atoms with Crippen LogP contribution in [0.1, 0.15) is 22.3 Å². The molecule has 11 rings (SSSR count). The molecule has 1 spiro atoms. The van der Waals surface area contributed by atoms with E-state index < -0.39 is 5.41 Å². The molecule has 1 aliphatic heterocycles. The van der Waals surface area contributed by atoms with Crippen molar-refractivity contribution in [3.8, 4) is 78.8 Å². The molecule has 0 saturated heterocycles. The molecular weight excluding hydrogens is 681 g/mol. The van der Waals surface area contributed by atoms with Crippen molar-refractivity contribution < 1.29 is 4.74 Å². The lowest BCUT2D eigenvalue weighted by Crippen LogP contribution is -2.32. The van der Waals surface area contributed by atoms with Crippen LogP contribution < -0.4 is 4.74 Å². The highest BCUT2D eigenvalue weighted by Crippen LogP contribution is 2.62. The summed E-state index contributed by atoms with van der Waals surface area (Å²) < 4.78 is 6.73. The smallest absolute Gasteiger partial charge is 0.160 e. The maximum absolute atomic E-state index is 6.73. The van der Waals surface area contributed by atoms with Crippen molar-refractivity contribution in [2.45, 2.75) is 5.41 Å². The summed E-state index contributed by atoms with van der Waals surface area (Å²) in [4.78, 5) is 10.3. The number of hydrogen-bond donors (Lipinski definition) is 0. The predicted octanol–water partition coefficient (Wildman–Crippen LogP) is 13.3. The summed E-state index contributed by atoms with van der Waals surface area (Å²) in [5, 5.41) is 0. The van der Waals surface area contributed by atoms with Gasteiger partial charge in [0.25, 0.3) is 0 Å². The summed E-state index contributed by atoms with van der Waals surface area (Å²) in [6.45, 7) is 0. The van der Waals surface area contributed by atoms with Crippen LogP contribution in [-0.2, 0) is 5.41 Å². The van der Waals surface area contributed by atoms with E-state index in [0.717, 1.165) is 73.0 Å². The molecule has 3 heteroatoms. The minimum absolute atomic E-state index is 0.528. The Morgan fingerprint density at radius 1 is 0.304 bits per heavy atom. The molecule has 0 atom stereocenters. The van der Waals surface area contributed by atoms with Crippen molar-refractivity contribution in [2.24, 2.45) is 0 Å². The minimum atomic E-state index is -0.528. The topological polar surface area (TPSA) is 35.0 Å². The van der Waals surface area contributed by atoms with Crippen LogP contribution in [0.25, 0.3) is 67.3 Å². The molecule has 0 amide bonds. The first-order chi connectivity index (χ1) is 27.8. The van der Waals surface area contributed by atoms with Crippen LogP contribution in [0.4, 0.5) is 0 Å². The van der Waals surface area contributed by atoms with Gasteiger partial charge in [-0.2, -0.15) is 0 Å². The minimum Gasteiger partial charge on any atom is -0.457 e. The molecule has 0 radical (unpaired) electrons. The second-order valence-corrected chi connectivity index (χ2v) is 14.5. The maximum Gasteiger partial charge on any atom is 0.160 e. The Labute approximate surface area is 326 Å². The van der Waals surface area contributed by atoms with Crippen LogP contribution in [0.15, 0.2) is 206 Å². The Hall–Kier alpha value is -7.36. The molecule has 0 fully saturated rings. The highest BCUT2D eigenvalue weighted by molar-refractivity contribution is 5.91. The van der Waals surface area contributed by atoms with E-state index in [2.05, 4.69) is 194 Å². The fourth-order valence-electron chi connectivity index (χ4n) is 8.93. The first-order valence-electron chi connectivity index (χ1n) is 19.1. The normalized spacial score (nSPS) is 12.9. The molecule has 56 heavy (non-hydrogen) atoms. The highest BCUT2D eigenvalue weighted by atomic mass is 16.5. The van der Waals surface area contributed by atoms with E-state index in [1.807, 2.05) is 12.1 Å². The molecule has 0 N–H and O–H groups in total. The molecular formula is C53H34N2O. The lowest BCUT2D eigenvalue weighted by molar-refractivity contribution is 0.436. The molecule has 0 unspecified atom stereocenters. The quantitative estimate of drug-likeness (QED) is 0.178. The molecule has 0 bridgehead atoms. The lowest BCUT2D eigenvalue weighted by Gasteiger charge is -2.39. The molecule has 1 aromatic heterocycles. The van der Waals surface area contributed by atoms with Crippen LogP contribution in [0, 0.1) is 0 Å². The molecule has 1 aliphatic carbocycles. The van der Waals surface area contributed by atoms with Gasteiger partial charge in [-0.05, 0) is 74.8 Å². The van der Waals surface area contributed by atoms with Gasteiger partial charge < -0.3 is 4.74 Å². The third kappa shape index (κ3) is 4.98. The Bertz CT molecular complexity index is 2850. The van der Waals surface area contributed by atoms with E-state index in [9.17, 15) is 0 Å². The Morgan fingerprint density at radius 2 is 0.768 bits per heavy atom. The summed E-state index contributed by atoms with van der Waals surface area (Å²) in [6.07, 6.45) is 0. The van der Waals surface area contributed by atoms with E-state index in [1.165, 1.54) is 22.3 Å². The zero-order valence-electron chi connectivity index (χ0n) is 30.4. The van der Waals surface area contributed by atoms with E-state index in [1.54, 1.807) is 0 Å². The van der Waals surface area contributed by atoms with Crippen molar-refractivity contribution in [1.29, 1.82) is 0 Å². The summed E-state index contributed by atoms with van der Waals surface area (Å²) in [7, 11) is 0. The Morgan fingerprint density at radius 3 is 1.39 bits per heavy atom. The number of hydrogen-bond acceptors (Lipinski definition) is 3. The number of benzene rings is 8. The number of aromatic nitrogens is 2. The zero-order chi connectivity index (χ0) is 37.1. The van der Waals surface area contributed by atoms with E-state index in [0.29, 0.717) is 5.82 Å². The fraction of sp³-hybridized carbons (Fsp3) is 0.0189. The molecule has 8 aromatic carbocycles. The zero-order valence-corrected chi connectivity index (χ0v) is 30.4. The number of para-hydroxylation sites is 1. The van der Waals surface area contributed by atoms with Gasteiger partial charge in [-0.1, -0.05) is 176 Å². The summed E-state index contributed by atoms with van der Waals surface area (Å²) in [5.74, 6) is 2.46. The van der Waals surface area contributed by atoms with Gasteiger partial charge in [0.15, 0.2) is 5.82 Å².